The second-order valence-electron chi connectivity index (χ2n) is 0.813. The van der Waals surface area contributed by atoms with Crippen molar-refractivity contribution in [2.75, 3.05) is 0 Å². The minimum atomic E-state index is -0.375. The molecule has 0 aliphatic rings. The molecule has 3 heteroatoms. The van der Waals surface area contributed by atoms with Crippen molar-refractivity contribution in [1.29, 1.82) is 0 Å². The number of halogens is 2. The van der Waals surface area contributed by atoms with E-state index in [2.05, 4.69) is 13.2 Å². The van der Waals surface area contributed by atoms with Gasteiger partial charge in [-0.05, 0) is 0 Å². The van der Waals surface area contributed by atoms with E-state index >= 15 is 0 Å². The molecular weight excluding hydrogens is 192 g/mol. The van der Waals surface area contributed by atoms with Gasteiger partial charge in [-0.3, -0.25) is 0 Å². The molecule has 0 aliphatic carbocycles. The average molecular weight is 202 g/mol. The second-order valence-corrected chi connectivity index (χ2v) is 4.22. The number of hydrogen-bond donors (Lipinski definition) is 0. The second kappa shape index (κ2) is 16.0. The maximum atomic E-state index is 3.56. The maximum Gasteiger partial charge on any atom is -0.147 e. The molecule has 7 heavy (non-hydrogen) atoms. The monoisotopic (exact) mass is 202 g/mol. The molecular formula is C4H10Cl2Ge. The first-order valence-corrected chi connectivity index (χ1v) is 5.06. The molecule has 0 aromatic heterocycles. The quantitative estimate of drug-likeness (QED) is 0.591. The van der Waals surface area contributed by atoms with Crippen molar-refractivity contribution in [3.63, 3.8) is 0 Å². The van der Waals surface area contributed by atoms with Gasteiger partial charge in [-0.2, -0.15) is 0 Å². The van der Waals surface area contributed by atoms with Gasteiger partial charge in [0.05, 0.1) is 0 Å². The Morgan fingerprint density at radius 3 is 1.29 bits per heavy atom. The van der Waals surface area contributed by atoms with E-state index in [9.17, 15) is 0 Å². The minimum absolute atomic E-state index is 0. The summed E-state index contributed by atoms with van der Waals surface area (Å²) in [4.78, 5) is 4.00. The first kappa shape index (κ1) is 15.6. The van der Waals surface area contributed by atoms with E-state index in [1.807, 2.05) is 9.82 Å². The molecule has 0 nitrogen and oxygen atoms in total. The molecule has 0 heterocycles. The van der Waals surface area contributed by atoms with Crippen LogP contribution in [0.5, 0.6) is 0 Å². The van der Waals surface area contributed by atoms with Gasteiger partial charge in [0.1, 0.15) is 0 Å². The van der Waals surface area contributed by atoms with Crippen LogP contribution in [0.4, 0.5) is 0 Å². The molecule has 0 atom stereocenters. The molecule has 0 bridgehead atoms. The third-order valence-electron chi connectivity index (χ3n) is 0.333. The first-order valence-electron chi connectivity index (χ1n) is 1.63. The van der Waals surface area contributed by atoms with Crippen molar-refractivity contribution in [3.8, 4) is 0 Å². The van der Waals surface area contributed by atoms with Crippen LogP contribution in [0.2, 0.25) is 0 Å². The Bertz CT molecular complexity index is 39.0. The van der Waals surface area contributed by atoms with Crippen molar-refractivity contribution in [3.05, 3.63) is 23.0 Å². The largest absolute Gasteiger partial charge is 0.147 e. The zero-order chi connectivity index (χ0) is 4.12. The Morgan fingerprint density at radius 2 is 1.29 bits per heavy atom. The van der Waals surface area contributed by atoms with E-state index in [1.165, 1.54) is 0 Å². The predicted octanol–water partition coefficient (Wildman–Crippen LogP) is 1.29. The van der Waals surface area contributed by atoms with Crippen LogP contribution in [0.1, 0.15) is 0 Å². The predicted molar refractivity (Wildman–Crippen MR) is 43.4 cm³/mol. The van der Waals surface area contributed by atoms with Gasteiger partial charge >= 0.3 is 38.4 Å². The summed E-state index contributed by atoms with van der Waals surface area (Å²) in [7, 11) is 0. The summed E-state index contributed by atoms with van der Waals surface area (Å²) < 4.78 is 0. The fourth-order valence-electron chi connectivity index (χ4n) is 0.118. The maximum absolute atomic E-state index is 3.56. The number of hydrogen-bond acceptors (Lipinski definition) is 0. The molecule has 0 radical (unpaired) electrons. The van der Waals surface area contributed by atoms with E-state index < -0.39 is 0 Å². The summed E-state index contributed by atoms with van der Waals surface area (Å²) in [5, 5.41) is 0. The summed E-state index contributed by atoms with van der Waals surface area (Å²) >= 11 is -0.375. The van der Waals surface area contributed by atoms with Crippen LogP contribution in [0.25, 0.3) is 0 Å². The Kier molecular flexibility index (Phi) is 35.7. The van der Waals surface area contributed by atoms with Crippen molar-refractivity contribution >= 4 is 40.2 Å². The molecule has 0 rings (SSSR count). The Labute approximate surface area is 63.4 Å². The van der Waals surface area contributed by atoms with E-state index in [1.54, 1.807) is 0 Å². The molecule has 0 saturated carbocycles. The van der Waals surface area contributed by atoms with Gasteiger partial charge in [0.2, 0.25) is 0 Å². The van der Waals surface area contributed by atoms with Crippen molar-refractivity contribution in [1.82, 2.24) is 0 Å². The summed E-state index contributed by atoms with van der Waals surface area (Å²) in [6.07, 6.45) is 0. The van der Waals surface area contributed by atoms with Gasteiger partial charge in [0, 0.05) is 0 Å². The van der Waals surface area contributed by atoms with Gasteiger partial charge in [-0.1, -0.05) is 0 Å². The van der Waals surface area contributed by atoms with Gasteiger partial charge in [0.15, 0.2) is 0 Å². The molecule has 0 fully saturated rings. The molecule has 0 amide bonds. The van der Waals surface area contributed by atoms with Crippen LogP contribution in [-0.2, 0) is 0 Å². The first-order chi connectivity index (χ1) is 2.41. The fraction of sp³-hybridized carbons (Fsp3) is 0. The SMILES string of the molecule is C=[CH][GeH2][CH]=C.Cl.Cl. The van der Waals surface area contributed by atoms with Crippen molar-refractivity contribution in [2.24, 2.45) is 0 Å². The molecule has 0 saturated heterocycles. The molecule has 0 N–H and O–H groups in total. The molecule has 0 aliphatic heterocycles. The van der Waals surface area contributed by atoms with Crippen LogP contribution in [0, 0.1) is 0 Å². The minimum Gasteiger partial charge on any atom is -0.147 e. The van der Waals surface area contributed by atoms with Gasteiger partial charge in [-0.15, -0.1) is 24.8 Å². The van der Waals surface area contributed by atoms with E-state index in [4.69, 9.17) is 0 Å². The van der Waals surface area contributed by atoms with Crippen LogP contribution >= 0.6 is 24.8 Å². The third-order valence-corrected chi connectivity index (χ3v) is 1.73. The van der Waals surface area contributed by atoms with Gasteiger partial charge in [0.25, 0.3) is 0 Å². The fourth-order valence-corrected chi connectivity index (χ4v) is 0.612. The summed E-state index contributed by atoms with van der Waals surface area (Å²) in [6.45, 7) is 7.12. The standard InChI is InChI=1S/C4H8Ge.2ClH/c1-3-5-4-2;;/h3-4H,1-2,5H2;2*1H. The van der Waals surface area contributed by atoms with Crippen LogP contribution < -0.4 is 0 Å². The Balaban J connectivity index is -0.0000000800. The zero-order valence-corrected chi connectivity index (χ0v) is 8.69. The van der Waals surface area contributed by atoms with Crippen LogP contribution in [-0.4, -0.2) is 15.4 Å². The molecule has 0 aromatic carbocycles. The van der Waals surface area contributed by atoms with Crippen LogP contribution in [0.3, 0.4) is 0 Å². The topological polar surface area (TPSA) is 0 Å². The van der Waals surface area contributed by atoms with Gasteiger partial charge < -0.3 is 0 Å². The molecule has 44 valence electrons. The average Bonchev–Trinajstić information content (AvgIpc) is 1.41. The molecule has 0 unspecified atom stereocenters. The van der Waals surface area contributed by atoms with Crippen LogP contribution in [0.15, 0.2) is 23.0 Å². The van der Waals surface area contributed by atoms with E-state index in [-0.39, 0.29) is 40.2 Å². The summed E-state index contributed by atoms with van der Waals surface area (Å²) in [5.74, 6) is 0. The Hall–Kier alpha value is 0.603. The molecule has 0 aromatic rings. The molecule has 0 spiro atoms. The third kappa shape index (κ3) is 20.6. The van der Waals surface area contributed by atoms with Crippen molar-refractivity contribution < 1.29 is 0 Å². The number of rotatable bonds is 2. The smallest absolute Gasteiger partial charge is 0.147 e. The normalized spacial score (nSPS) is 4.57. The van der Waals surface area contributed by atoms with Crippen molar-refractivity contribution in [2.45, 2.75) is 0 Å². The summed E-state index contributed by atoms with van der Waals surface area (Å²) in [6, 6.07) is 0. The van der Waals surface area contributed by atoms with Gasteiger partial charge in [-0.25, -0.2) is 0 Å². The summed E-state index contributed by atoms with van der Waals surface area (Å²) in [5.41, 5.74) is 0. The van der Waals surface area contributed by atoms with E-state index in [0.29, 0.717) is 0 Å². The zero-order valence-electron chi connectivity index (χ0n) is 4.09. The Morgan fingerprint density at radius 1 is 1.00 bits per heavy atom. The van der Waals surface area contributed by atoms with E-state index in [0.717, 1.165) is 0 Å².